The first-order valence-corrected chi connectivity index (χ1v) is 21.8. The van der Waals surface area contributed by atoms with E-state index in [0.717, 1.165) is 66.4 Å². The van der Waals surface area contributed by atoms with Crippen LogP contribution in [0.2, 0.25) is 0 Å². The summed E-state index contributed by atoms with van der Waals surface area (Å²) in [6, 6.07) is 75.0. The molecule has 4 nitrogen and oxygen atoms in total. The summed E-state index contributed by atoms with van der Waals surface area (Å²) in [6.45, 7) is 4.61. The second-order valence-electron chi connectivity index (χ2n) is 17.2. The molecule has 0 bridgehead atoms. The van der Waals surface area contributed by atoms with Crippen molar-refractivity contribution in [3.05, 3.63) is 223 Å². The van der Waals surface area contributed by atoms with Crippen molar-refractivity contribution in [1.29, 1.82) is 0 Å². The first kappa shape index (κ1) is 37.5. The van der Waals surface area contributed by atoms with Crippen LogP contribution in [-0.2, 0) is 5.41 Å². The van der Waals surface area contributed by atoms with E-state index in [1.807, 2.05) is 6.07 Å². The molecule has 4 heteroatoms. The second-order valence-corrected chi connectivity index (χ2v) is 17.2. The van der Waals surface area contributed by atoms with E-state index in [4.69, 9.17) is 19.4 Å². The molecule has 0 aliphatic heterocycles. The fourth-order valence-electron chi connectivity index (χ4n) is 9.64. The molecule has 9 aromatic carbocycles. The third kappa shape index (κ3) is 6.42. The van der Waals surface area contributed by atoms with Gasteiger partial charge in [0.05, 0.1) is 0 Å². The maximum absolute atomic E-state index is 6.52. The molecule has 0 N–H and O–H groups in total. The second kappa shape index (κ2) is 15.0. The van der Waals surface area contributed by atoms with Crippen LogP contribution in [0.1, 0.15) is 25.0 Å². The zero-order valence-electron chi connectivity index (χ0n) is 35.5. The molecule has 11 aromatic rings. The number of aromatic nitrogens is 3. The molecule has 0 spiro atoms. The number of hydrogen-bond donors (Lipinski definition) is 0. The molecule has 0 amide bonds. The summed E-state index contributed by atoms with van der Waals surface area (Å²) in [5, 5.41) is 2.22. The summed E-state index contributed by atoms with van der Waals surface area (Å²) >= 11 is 0. The normalized spacial score (nSPS) is 12.7. The lowest BCUT2D eigenvalue weighted by molar-refractivity contribution is 0.660. The van der Waals surface area contributed by atoms with Gasteiger partial charge in [0.25, 0.3) is 0 Å². The molecule has 0 fully saturated rings. The topological polar surface area (TPSA) is 51.8 Å². The molecule has 0 atom stereocenters. The molecule has 1 aliphatic carbocycles. The number of benzene rings is 9. The number of fused-ring (bicyclic) bond motifs is 6. The lowest BCUT2D eigenvalue weighted by Crippen LogP contribution is -2.14. The number of nitrogens with zero attached hydrogens (tertiary/aromatic N) is 3. The van der Waals surface area contributed by atoms with Crippen molar-refractivity contribution in [2.45, 2.75) is 19.3 Å². The van der Waals surface area contributed by atoms with Gasteiger partial charge in [-0.1, -0.05) is 190 Å². The van der Waals surface area contributed by atoms with E-state index < -0.39 is 0 Å². The standard InChI is InChI=1S/C60H41N3O/c1-60(2)52-24-10-9-22-49(52)51-36-47(31-33-53(51)60)59-62-57(41-28-26-39(27-29-41)43-19-11-18-42(34-43)38-14-5-3-6-15-38)61-58(63-59)46-21-12-20-44(35-46)45-30-32-50-55(37-45)64-54-25-13-23-48(56(50)54)40-16-7-4-8-17-40/h3-37H,1-2H3. The summed E-state index contributed by atoms with van der Waals surface area (Å²) < 4.78 is 6.52. The van der Waals surface area contributed by atoms with E-state index in [-0.39, 0.29) is 5.41 Å². The van der Waals surface area contributed by atoms with E-state index in [0.29, 0.717) is 17.5 Å². The van der Waals surface area contributed by atoms with Crippen molar-refractivity contribution in [3.63, 3.8) is 0 Å². The molecule has 0 saturated carbocycles. The Kier molecular flexibility index (Phi) is 8.80. The average Bonchev–Trinajstić information content (AvgIpc) is 3.85. The van der Waals surface area contributed by atoms with E-state index >= 15 is 0 Å². The first-order valence-electron chi connectivity index (χ1n) is 21.8. The van der Waals surface area contributed by atoms with Gasteiger partial charge in [-0.25, -0.2) is 15.0 Å². The minimum absolute atomic E-state index is 0.0990. The molecular formula is C60H41N3O. The first-order chi connectivity index (χ1) is 31.4. The summed E-state index contributed by atoms with van der Waals surface area (Å²) in [5.41, 5.74) is 18.6. The molecule has 2 aromatic heterocycles. The maximum atomic E-state index is 6.52. The van der Waals surface area contributed by atoms with Gasteiger partial charge in [0.1, 0.15) is 11.2 Å². The lowest BCUT2D eigenvalue weighted by atomic mass is 9.82. The van der Waals surface area contributed by atoms with Crippen LogP contribution in [0.15, 0.2) is 217 Å². The van der Waals surface area contributed by atoms with E-state index in [9.17, 15) is 0 Å². The highest BCUT2D eigenvalue weighted by atomic mass is 16.3. The Balaban J connectivity index is 0.954. The molecule has 64 heavy (non-hydrogen) atoms. The Bertz CT molecular complexity index is 3570. The predicted molar refractivity (Wildman–Crippen MR) is 263 cm³/mol. The third-order valence-corrected chi connectivity index (χ3v) is 13.0. The predicted octanol–water partition coefficient (Wildman–Crippen LogP) is 15.7. The average molecular weight is 820 g/mol. The Labute approximate surface area is 372 Å². The van der Waals surface area contributed by atoms with Crippen LogP contribution in [-0.4, -0.2) is 15.0 Å². The van der Waals surface area contributed by atoms with Gasteiger partial charge in [0, 0.05) is 32.9 Å². The molecule has 0 unspecified atom stereocenters. The number of furan rings is 1. The van der Waals surface area contributed by atoms with Crippen molar-refractivity contribution in [2.75, 3.05) is 0 Å². The van der Waals surface area contributed by atoms with Crippen LogP contribution < -0.4 is 0 Å². The van der Waals surface area contributed by atoms with Crippen LogP contribution in [0.3, 0.4) is 0 Å². The molecular weight excluding hydrogens is 779 g/mol. The summed E-state index contributed by atoms with van der Waals surface area (Å²) in [5.74, 6) is 1.86. The van der Waals surface area contributed by atoms with Gasteiger partial charge in [-0.3, -0.25) is 0 Å². The minimum Gasteiger partial charge on any atom is -0.456 e. The zero-order chi connectivity index (χ0) is 42.8. The van der Waals surface area contributed by atoms with Gasteiger partial charge in [0.15, 0.2) is 17.5 Å². The number of hydrogen-bond acceptors (Lipinski definition) is 4. The van der Waals surface area contributed by atoms with Crippen LogP contribution in [0.25, 0.3) is 112 Å². The van der Waals surface area contributed by atoms with Crippen molar-refractivity contribution in [2.24, 2.45) is 0 Å². The quantitative estimate of drug-likeness (QED) is 0.161. The lowest BCUT2D eigenvalue weighted by Gasteiger charge is -2.21. The highest BCUT2D eigenvalue weighted by Gasteiger charge is 2.35. The minimum atomic E-state index is -0.0990. The summed E-state index contributed by atoms with van der Waals surface area (Å²) in [4.78, 5) is 15.6. The van der Waals surface area contributed by atoms with E-state index in [1.165, 1.54) is 38.9 Å². The fraction of sp³-hybridized carbons (Fsp3) is 0.0500. The van der Waals surface area contributed by atoms with Gasteiger partial charge < -0.3 is 4.42 Å². The van der Waals surface area contributed by atoms with Gasteiger partial charge in [-0.2, -0.15) is 0 Å². The van der Waals surface area contributed by atoms with Crippen molar-refractivity contribution in [3.8, 4) is 89.8 Å². The zero-order valence-corrected chi connectivity index (χ0v) is 35.5. The van der Waals surface area contributed by atoms with E-state index in [2.05, 4.69) is 220 Å². The Morgan fingerprint density at radius 1 is 0.312 bits per heavy atom. The molecule has 2 heterocycles. The van der Waals surface area contributed by atoms with Crippen molar-refractivity contribution in [1.82, 2.24) is 15.0 Å². The van der Waals surface area contributed by atoms with Crippen LogP contribution in [0.4, 0.5) is 0 Å². The van der Waals surface area contributed by atoms with Gasteiger partial charge in [-0.05, 0) is 103 Å². The molecule has 0 radical (unpaired) electrons. The summed E-state index contributed by atoms with van der Waals surface area (Å²) in [7, 11) is 0. The monoisotopic (exact) mass is 819 g/mol. The van der Waals surface area contributed by atoms with Gasteiger partial charge in [0.2, 0.25) is 0 Å². The van der Waals surface area contributed by atoms with E-state index in [1.54, 1.807) is 0 Å². The van der Waals surface area contributed by atoms with Crippen molar-refractivity contribution >= 4 is 21.9 Å². The SMILES string of the molecule is CC1(C)c2ccccc2-c2cc(-c3nc(-c4ccc(-c5cccc(-c6ccccc6)c5)cc4)nc(-c4cccc(-c5ccc6c(c5)oc5cccc(-c7ccccc7)c56)c4)n3)ccc21. The molecule has 302 valence electrons. The maximum Gasteiger partial charge on any atom is 0.164 e. The Hall–Kier alpha value is -8.21. The molecule has 1 aliphatic rings. The molecule has 0 saturated heterocycles. The highest BCUT2D eigenvalue weighted by molar-refractivity contribution is 6.13. The third-order valence-electron chi connectivity index (χ3n) is 13.0. The van der Waals surface area contributed by atoms with Crippen LogP contribution >= 0.6 is 0 Å². The van der Waals surface area contributed by atoms with Crippen molar-refractivity contribution < 1.29 is 4.42 Å². The number of rotatable bonds is 7. The fourth-order valence-corrected chi connectivity index (χ4v) is 9.64. The van der Waals surface area contributed by atoms with Gasteiger partial charge >= 0.3 is 0 Å². The Morgan fingerprint density at radius 3 is 1.52 bits per heavy atom. The Morgan fingerprint density at radius 2 is 0.781 bits per heavy atom. The highest BCUT2D eigenvalue weighted by Crippen LogP contribution is 2.49. The molecule has 12 rings (SSSR count). The van der Waals surface area contributed by atoms with Gasteiger partial charge in [-0.15, -0.1) is 0 Å². The summed E-state index contributed by atoms with van der Waals surface area (Å²) in [6.07, 6.45) is 0. The van der Waals surface area contributed by atoms with Crippen LogP contribution in [0.5, 0.6) is 0 Å². The van der Waals surface area contributed by atoms with Crippen LogP contribution in [0, 0.1) is 0 Å². The smallest absolute Gasteiger partial charge is 0.164 e. The largest absolute Gasteiger partial charge is 0.456 e.